The molecule has 14 heavy (non-hydrogen) atoms. The molecule has 0 aliphatic rings. The van der Waals surface area contributed by atoms with Crippen molar-refractivity contribution in [3.05, 3.63) is 42.5 Å². The van der Waals surface area contributed by atoms with Crippen molar-refractivity contribution >= 4 is 52.7 Å². The SMILES string of the molecule is [Na][c]1ccc2c(c1)oc1ccccc12. The first-order valence-corrected chi connectivity index (χ1v) is 5.72. The monoisotopic (exact) mass is 190 g/mol. The molecule has 62 valence electrons. The van der Waals surface area contributed by atoms with Gasteiger partial charge in [-0.05, 0) is 0 Å². The van der Waals surface area contributed by atoms with Crippen LogP contribution >= 0.6 is 0 Å². The van der Waals surface area contributed by atoms with Crippen molar-refractivity contribution in [2.75, 3.05) is 0 Å². The molecular weight excluding hydrogens is 183 g/mol. The predicted octanol–water partition coefficient (Wildman–Crippen LogP) is 2.38. The van der Waals surface area contributed by atoms with Gasteiger partial charge in [-0.2, -0.15) is 0 Å². The molecule has 1 heterocycles. The average Bonchev–Trinajstić information content (AvgIpc) is 2.54. The van der Waals surface area contributed by atoms with Gasteiger partial charge in [-0.25, -0.2) is 0 Å². The Morgan fingerprint density at radius 2 is 1.64 bits per heavy atom. The number of para-hydroxylation sites is 1. The third-order valence-corrected chi connectivity index (χ3v) is 3.16. The zero-order chi connectivity index (χ0) is 9.54. The fourth-order valence-electron chi connectivity index (χ4n) is 1.83. The van der Waals surface area contributed by atoms with Gasteiger partial charge in [0.25, 0.3) is 0 Å². The van der Waals surface area contributed by atoms with Gasteiger partial charge in [0.1, 0.15) is 0 Å². The fraction of sp³-hybridized carbons (Fsp3) is 0. The molecule has 0 amide bonds. The molecule has 1 nitrogen and oxygen atoms in total. The van der Waals surface area contributed by atoms with E-state index >= 15 is 0 Å². The van der Waals surface area contributed by atoms with Crippen molar-refractivity contribution in [2.24, 2.45) is 0 Å². The molecule has 0 unspecified atom stereocenters. The predicted molar refractivity (Wildman–Crippen MR) is 59.1 cm³/mol. The number of furan rings is 1. The van der Waals surface area contributed by atoms with Crippen molar-refractivity contribution in [3.8, 4) is 0 Å². The number of rotatable bonds is 0. The second-order valence-electron chi connectivity index (χ2n) is 3.60. The van der Waals surface area contributed by atoms with Crippen LogP contribution in [0.2, 0.25) is 0 Å². The summed E-state index contributed by atoms with van der Waals surface area (Å²) in [5.41, 5.74) is 1.99. The van der Waals surface area contributed by atoms with Gasteiger partial charge in [-0.15, -0.1) is 0 Å². The van der Waals surface area contributed by atoms with Crippen LogP contribution < -0.4 is 2.81 Å². The Labute approximate surface area is 99.1 Å². The van der Waals surface area contributed by atoms with Crippen LogP contribution in [0.3, 0.4) is 0 Å². The van der Waals surface area contributed by atoms with Gasteiger partial charge < -0.3 is 0 Å². The molecule has 2 heteroatoms. The van der Waals surface area contributed by atoms with Gasteiger partial charge in [0, 0.05) is 0 Å². The molecule has 0 saturated carbocycles. The number of hydrogen-bond acceptors (Lipinski definition) is 1. The summed E-state index contributed by atoms with van der Waals surface area (Å²) in [6, 6.07) is 14.6. The molecule has 3 aromatic rings. The van der Waals surface area contributed by atoms with Gasteiger partial charge in [0.15, 0.2) is 0 Å². The van der Waals surface area contributed by atoms with E-state index in [0.717, 1.165) is 39.1 Å². The summed E-state index contributed by atoms with van der Waals surface area (Å²) in [5.74, 6) is 0. The molecule has 3 rings (SSSR count). The first kappa shape index (κ1) is 8.54. The molecule has 0 radical (unpaired) electrons. The van der Waals surface area contributed by atoms with E-state index in [1.807, 2.05) is 18.2 Å². The van der Waals surface area contributed by atoms with Crippen molar-refractivity contribution in [1.29, 1.82) is 0 Å². The summed E-state index contributed by atoms with van der Waals surface area (Å²) in [7, 11) is 0. The molecule has 0 aliphatic heterocycles. The van der Waals surface area contributed by atoms with Crippen molar-refractivity contribution in [2.45, 2.75) is 0 Å². The third-order valence-electron chi connectivity index (χ3n) is 2.53. The van der Waals surface area contributed by atoms with Crippen LogP contribution in [0.15, 0.2) is 46.9 Å². The molecule has 0 atom stereocenters. The van der Waals surface area contributed by atoms with E-state index in [1.54, 1.807) is 0 Å². The fourth-order valence-corrected chi connectivity index (χ4v) is 2.26. The van der Waals surface area contributed by atoms with Crippen LogP contribution in [0, 0.1) is 0 Å². The van der Waals surface area contributed by atoms with Crippen LogP contribution in [0.4, 0.5) is 0 Å². The van der Waals surface area contributed by atoms with E-state index in [4.69, 9.17) is 4.42 Å². The van der Waals surface area contributed by atoms with E-state index in [-0.39, 0.29) is 0 Å². The number of benzene rings is 2. The van der Waals surface area contributed by atoms with Crippen LogP contribution in [0.25, 0.3) is 21.9 Å². The molecule has 0 N–H and O–H groups in total. The Morgan fingerprint density at radius 1 is 0.857 bits per heavy atom. The second kappa shape index (κ2) is 3.13. The van der Waals surface area contributed by atoms with Gasteiger partial charge in [-0.3, -0.25) is 0 Å². The number of fused-ring (bicyclic) bond motifs is 3. The average molecular weight is 190 g/mol. The molecule has 2 aromatic carbocycles. The summed E-state index contributed by atoms with van der Waals surface area (Å²) < 4.78 is 7.13. The molecule has 1 aromatic heterocycles. The van der Waals surface area contributed by atoms with Crippen LogP contribution in [0.5, 0.6) is 0 Å². The first-order chi connectivity index (χ1) is 6.84. The van der Waals surface area contributed by atoms with E-state index in [0.29, 0.717) is 0 Å². The molecular formula is C12H7NaO. The van der Waals surface area contributed by atoms with Gasteiger partial charge >= 0.3 is 99.6 Å². The Morgan fingerprint density at radius 3 is 2.57 bits per heavy atom. The van der Waals surface area contributed by atoms with E-state index in [2.05, 4.69) is 24.3 Å². The summed E-state index contributed by atoms with van der Waals surface area (Å²) in [6.07, 6.45) is 0. The van der Waals surface area contributed by atoms with Crippen molar-refractivity contribution in [3.63, 3.8) is 0 Å². The normalized spacial score (nSPS) is 11.3. The van der Waals surface area contributed by atoms with E-state index < -0.39 is 0 Å². The van der Waals surface area contributed by atoms with Gasteiger partial charge in [0.2, 0.25) is 0 Å². The zero-order valence-corrected chi connectivity index (χ0v) is 9.95. The molecule has 0 aliphatic carbocycles. The van der Waals surface area contributed by atoms with Gasteiger partial charge in [0.05, 0.1) is 0 Å². The molecule has 0 bridgehead atoms. The van der Waals surface area contributed by atoms with Crippen LogP contribution in [0.1, 0.15) is 0 Å². The summed E-state index contributed by atoms with van der Waals surface area (Å²) in [6.45, 7) is 0. The Kier molecular flexibility index (Phi) is 1.91. The quantitative estimate of drug-likeness (QED) is 0.496. The van der Waals surface area contributed by atoms with Gasteiger partial charge in [-0.1, -0.05) is 0 Å². The minimum atomic E-state index is 0.981. The maximum absolute atomic E-state index is 5.76. The Bertz CT molecular complexity index is 610. The van der Waals surface area contributed by atoms with Crippen molar-refractivity contribution < 1.29 is 4.42 Å². The first-order valence-electron chi connectivity index (χ1n) is 4.72. The maximum atomic E-state index is 5.76. The molecule has 0 spiro atoms. The second-order valence-corrected chi connectivity index (χ2v) is 4.75. The summed E-state index contributed by atoms with van der Waals surface area (Å²) in [5, 5.41) is 2.43. The summed E-state index contributed by atoms with van der Waals surface area (Å²) >= 11 is 1.07. The van der Waals surface area contributed by atoms with E-state index in [1.165, 1.54) is 13.6 Å². The topological polar surface area (TPSA) is 13.1 Å². The van der Waals surface area contributed by atoms with Crippen molar-refractivity contribution in [1.82, 2.24) is 0 Å². The Balaban J connectivity index is 2.57. The molecule has 0 saturated heterocycles. The molecule has 0 fully saturated rings. The summed E-state index contributed by atoms with van der Waals surface area (Å²) in [4.78, 5) is 0. The van der Waals surface area contributed by atoms with Crippen LogP contribution in [-0.2, 0) is 0 Å². The Hall–Kier alpha value is -0.760. The zero-order valence-electron chi connectivity index (χ0n) is 7.95. The minimum absolute atomic E-state index is 0.981. The van der Waals surface area contributed by atoms with E-state index in [9.17, 15) is 0 Å². The third kappa shape index (κ3) is 1.21. The number of hydrogen-bond donors (Lipinski definition) is 0. The van der Waals surface area contributed by atoms with Crippen LogP contribution in [-0.4, -0.2) is 27.9 Å². The standard InChI is InChI=1S/C12H7O.Na/c1-3-7-11-9(5-1)10-6-2-4-8-12(10)13-11;/h1-3,5-8H;.